The van der Waals surface area contributed by atoms with E-state index in [0.717, 1.165) is 24.1 Å². The molecule has 0 atom stereocenters. The fourth-order valence-corrected chi connectivity index (χ4v) is 2.95. The first-order valence-electron chi connectivity index (χ1n) is 6.77. The molecule has 2 amide bonds. The normalized spacial score (nSPS) is 14.2. The maximum Gasteiger partial charge on any atom is 0.261 e. The summed E-state index contributed by atoms with van der Waals surface area (Å²) in [6.45, 7) is 5.11. The molecule has 1 aromatic heterocycles. The molecule has 1 aliphatic carbocycles. The molecule has 2 N–H and O–H groups in total. The van der Waals surface area contributed by atoms with E-state index in [-0.39, 0.29) is 17.7 Å². The van der Waals surface area contributed by atoms with Crippen molar-refractivity contribution in [2.24, 2.45) is 5.92 Å². The highest BCUT2D eigenvalue weighted by Gasteiger charge is 2.28. The minimum absolute atomic E-state index is 0.0477. The highest BCUT2D eigenvalue weighted by molar-refractivity contribution is 7.14. The SMILES string of the molecule is CCc1cc(C(=O)NCCNC(=O)C2CC2)sc1C. The van der Waals surface area contributed by atoms with E-state index in [1.807, 2.05) is 13.0 Å². The molecule has 0 spiro atoms. The van der Waals surface area contributed by atoms with Crippen LogP contribution in [0.25, 0.3) is 0 Å². The van der Waals surface area contributed by atoms with Gasteiger partial charge in [0.05, 0.1) is 4.88 Å². The number of aryl methyl sites for hydroxylation is 2. The van der Waals surface area contributed by atoms with Crippen molar-refractivity contribution in [3.05, 3.63) is 21.4 Å². The lowest BCUT2D eigenvalue weighted by Crippen LogP contribution is -2.35. The van der Waals surface area contributed by atoms with E-state index in [2.05, 4.69) is 17.6 Å². The summed E-state index contributed by atoms with van der Waals surface area (Å²) < 4.78 is 0. The molecule has 19 heavy (non-hydrogen) atoms. The number of amides is 2. The second-order valence-corrected chi connectivity index (χ2v) is 6.12. The molecule has 1 aliphatic rings. The lowest BCUT2D eigenvalue weighted by molar-refractivity contribution is -0.122. The first-order valence-corrected chi connectivity index (χ1v) is 7.58. The molecule has 0 radical (unpaired) electrons. The maximum atomic E-state index is 11.9. The Morgan fingerprint density at radius 1 is 1.32 bits per heavy atom. The molecule has 0 bridgehead atoms. The Balaban J connectivity index is 1.72. The van der Waals surface area contributed by atoms with E-state index < -0.39 is 0 Å². The zero-order valence-corrected chi connectivity index (χ0v) is 12.2. The Morgan fingerprint density at radius 2 is 2.00 bits per heavy atom. The zero-order valence-electron chi connectivity index (χ0n) is 11.4. The van der Waals surface area contributed by atoms with Gasteiger partial charge in [0.25, 0.3) is 5.91 Å². The van der Waals surface area contributed by atoms with Crippen LogP contribution in [-0.4, -0.2) is 24.9 Å². The third kappa shape index (κ3) is 3.80. The molecule has 0 aliphatic heterocycles. The molecule has 104 valence electrons. The van der Waals surface area contributed by atoms with Crippen molar-refractivity contribution < 1.29 is 9.59 Å². The molecule has 5 heteroatoms. The number of rotatable bonds is 6. The minimum Gasteiger partial charge on any atom is -0.354 e. The molecule has 1 saturated carbocycles. The van der Waals surface area contributed by atoms with E-state index in [0.29, 0.717) is 13.1 Å². The van der Waals surface area contributed by atoms with E-state index >= 15 is 0 Å². The van der Waals surface area contributed by atoms with Gasteiger partial charge in [-0.3, -0.25) is 9.59 Å². The van der Waals surface area contributed by atoms with Crippen molar-refractivity contribution in [1.29, 1.82) is 0 Å². The lowest BCUT2D eigenvalue weighted by atomic mass is 10.2. The third-order valence-electron chi connectivity index (χ3n) is 3.28. The zero-order chi connectivity index (χ0) is 13.8. The van der Waals surface area contributed by atoms with E-state index in [4.69, 9.17) is 0 Å². The summed E-state index contributed by atoms with van der Waals surface area (Å²) in [5.74, 6) is 0.297. The second kappa shape index (κ2) is 6.19. The molecule has 1 aromatic rings. The summed E-state index contributed by atoms with van der Waals surface area (Å²) in [4.78, 5) is 25.2. The predicted octanol–water partition coefficient (Wildman–Crippen LogP) is 1.87. The predicted molar refractivity (Wildman–Crippen MR) is 76.5 cm³/mol. The van der Waals surface area contributed by atoms with Gasteiger partial charge in [-0.2, -0.15) is 0 Å². The van der Waals surface area contributed by atoms with Crippen LogP contribution in [-0.2, 0) is 11.2 Å². The van der Waals surface area contributed by atoms with Gasteiger partial charge in [-0.15, -0.1) is 11.3 Å². The fraction of sp³-hybridized carbons (Fsp3) is 0.571. The van der Waals surface area contributed by atoms with Crippen LogP contribution in [0.4, 0.5) is 0 Å². The fourth-order valence-electron chi connectivity index (χ4n) is 1.92. The van der Waals surface area contributed by atoms with Crippen LogP contribution in [0.15, 0.2) is 6.07 Å². The van der Waals surface area contributed by atoms with Crippen molar-refractivity contribution in [3.8, 4) is 0 Å². The highest BCUT2D eigenvalue weighted by Crippen LogP contribution is 2.28. The van der Waals surface area contributed by atoms with E-state index in [1.165, 1.54) is 21.8 Å². The first-order chi connectivity index (χ1) is 9.11. The Morgan fingerprint density at radius 3 is 2.58 bits per heavy atom. The average Bonchev–Trinajstić information content (AvgIpc) is 3.17. The van der Waals surface area contributed by atoms with Crippen LogP contribution in [0.2, 0.25) is 0 Å². The molecular formula is C14H20N2O2S. The molecule has 0 unspecified atom stereocenters. The molecule has 1 heterocycles. The van der Waals surface area contributed by atoms with Crippen LogP contribution in [0, 0.1) is 12.8 Å². The van der Waals surface area contributed by atoms with Gasteiger partial charge in [-0.05, 0) is 37.8 Å². The van der Waals surface area contributed by atoms with Crippen LogP contribution >= 0.6 is 11.3 Å². The smallest absolute Gasteiger partial charge is 0.261 e. The topological polar surface area (TPSA) is 58.2 Å². The van der Waals surface area contributed by atoms with E-state index in [9.17, 15) is 9.59 Å². The number of nitrogens with one attached hydrogen (secondary N) is 2. The Hall–Kier alpha value is -1.36. The Kier molecular flexibility index (Phi) is 4.58. The molecular weight excluding hydrogens is 260 g/mol. The van der Waals surface area contributed by atoms with Crippen molar-refractivity contribution >= 4 is 23.2 Å². The van der Waals surface area contributed by atoms with E-state index in [1.54, 1.807) is 0 Å². The molecule has 0 saturated heterocycles. The molecule has 0 aromatic carbocycles. The quantitative estimate of drug-likeness (QED) is 0.782. The summed E-state index contributed by atoms with van der Waals surface area (Å²) in [7, 11) is 0. The van der Waals surface area contributed by atoms with Crippen LogP contribution in [0.1, 0.15) is 39.9 Å². The van der Waals surface area contributed by atoms with Crippen LogP contribution < -0.4 is 10.6 Å². The van der Waals surface area contributed by atoms with Crippen molar-refractivity contribution in [3.63, 3.8) is 0 Å². The van der Waals surface area contributed by atoms with Crippen LogP contribution in [0.3, 0.4) is 0 Å². The molecule has 4 nitrogen and oxygen atoms in total. The van der Waals surface area contributed by atoms with Gasteiger partial charge in [0, 0.05) is 23.9 Å². The standard InChI is InChI=1S/C14H20N2O2S/c1-3-10-8-12(19-9(10)2)14(18)16-7-6-15-13(17)11-4-5-11/h8,11H,3-7H2,1-2H3,(H,15,17)(H,16,18). The van der Waals surface area contributed by atoms with Gasteiger partial charge in [0.15, 0.2) is 0 Å². The first kappa shape index (κ1) is 14.1. The lowest BCUT2D eigenvalue weighted by Gasteiger charge is -2.05. The summed E-state index contributed by atoms with van der Waals surface area (Å²) in [6.07, 6.45) is 2.96. The number of hydrogen-bond donors (Lipinski definition) is 2. The number of hydrogen-bond acceptors (Lipinski definition) is 3. The molecule has 2 rings (SSSR count). The van der Waals surface area contributed by atoms with Crippen molar-refractivity contribution in [2.45, 2.75) is 33.1 Å². The average molecular weight is 280 g/mol. The van der Waals surface area contributed by atoms with Crippen molar-refractivity contribution in [2.75, 3.05) is 13.1 Å². The number of thiophene rings is 1. The van der Waals surface area contributed by atoms with Gasteiger partial charge in [-0.25, -0.2) is 0 Å². The summed E-state index contributed by atoms with van der Waals surface area (Å²) >= 11 is 1.53. The summed E-state index contributed by atoms with van der Waals surface area (Å²) in [5.41, 5.74) is 1.23. The molecule has 1 fully saturated rings. The Bertz CT molecular complexity index is 478. The van der Waals surface area contributed by atoms with Gasteiger partial charge >= 0.3 is 0 Å². The highest BCUT2D eigenvalue weighted by atomic mass is 32.1. The number of carbonyl (C=O) groups is 2. The van der Waals surface area contributed by atoms with Gasteiger partial charge in [0.1, 0.15) is 0 Å². The maximum absolute atomic E-state index is 11.9. The van der Waals surface area contributed by atoms with Crippen molar-refractivity contribution in [1.82, 2.24) is 10.6 Å². The van der Waals surface area contributed by atoms with Gasteiger partial charge < -0.3 is 10.6 Å². The summed E-state index contributed by atoms with van der Waals surface area (Å²) in [5, 5.41) is 5.66. The van der Waals surface area contributed by atoms with Gasteiger partial charge in [0.2, 0.25) is 5.91 Å². The third-order valence-corrected chi connectivity index (χ3v) is 4.37. The second-order valence-electron chi connectivity index (χ2n) is 4.87. The van der Waals surface area contributed by atoms with Crippen LogP contribution in [0.5, 0.6) is 0 Å². The number of carbonyl (C=O) groups excluding carboxylic acids is 2. The van der Waals surface area contributed by atoms with Gasteiger partial charge in [-0.1, -0.05) is 6.92 Å². The monoisotopic (exact) mass is 280 g/mol. The minimum atomic E-state index is -0.0477. The summed E-state index contributed by atoms with van der Waals surface area (Å²) in [6, 6.07) is 1.96. The largest absolute Gasteiger partial charge is 0.354 e. The Labute approximate surface area is 117 Å².